The van der Waals surface area contributed by atoms with Gasteiger partial charge >= 0.3 is 0 Å². The van der Waals surface area contributed by atoms with Crippen molar-refractivity contribution in [2.75, 3.05) is 19.0 Å². The van der Waals surface area contributed by atoms with Gasteiger partial charge < -0.3 is 9.88 Å². The molecule has 0 unspecified atom stereocenters. The van der Waals surface area contributed by atoms with Crippen molar-refractivity contribution >= 4 is 27.9 Å². The highest BCUT2D eigenvalue weighted by molar-refractivity contribution is 5.94. The minimum atomic E-state index is 0.607. The van der Waals surface area contributed by atoms with Crippen LogP contribution in [0.5, 0.6) is 0 Å². The second kappa shape index (κ2) is 7.49. The van der Waals surface area contributed by atoms with Gasteiger partial charge in [-0.1, -0.05) is 0 Å². The third-order valence-corrected chi connectivity index (χ3v) is 5.55. The Morgan fingerprint density at radius 1 is 0.848 bits per heavy atom. The van der Waals surface area contributed by atoms with Gasteiger partial charge in [-0.15, -0.1) is 0 Å². The molecule has 9 heteroatoms. The zero-order chi connectivity index (χ0) is 22.4. The van der Waals surface area contributed by atoms with Crippen LogP contribution in [-0.2, 0) is 0 Å². The zero-order valence-corrected chi connectivity index (χ0v) is 18.0. The second-order valence-electron chi connectivity index (χ2n) is 7.87. The highest BCUT2D eigenvalue weighted by atomic mass is 15.2. The Labute approximate surface area is 188 Å². The van der Waals surface area contributed by atoms with E-state index in [0.29, 0.717) is 17.2 Å². The van der Waals surface area contributed by atoms with Crippen LogP contribution in [0.2, 0.25) is 0 Å². The number of imidazole rings is 1. The van der Waals surface area contributed by atoms with Crippen LogP contribution in [0.3, 0.4) is 0 Å². The highest BCUT2D eigenvalue weighted by Gasteiger charge is 2.17. The lowest BCUT2D eigenvalue weighted by Crippen LogP contribution is -2.08. The summed E-state index contributed by atoms with van der Waals surface area (Å²) in [7, 11) is 3.98. The molecule has 0 atom stereocenters. The van der Waals surface area contributed by atoms with E-state index in [-0.39, 0.29) is 0 Å². The normalized spacial score (nSPS) is 11.3. The van der Waals surface area contributed by atoms with E-state index in [4.69, 9.17) is 9.97 Å². The lowest BCUT2D eigenvalue weighted by Gasteiger charge is -2.12. The average Bonchev–Trinajstić information content (AvgIpc) is 3.48. The van der Waals surface area contributed by atoms with Gasteiger partial charge in [0.15, 0.2) is 17.2 Å². The molecule has 0 aliphatic carbocycles. The molecule has 0 saturated heterocycles. The number of hydrogen-bond acceptors (Lipinski definition) is 7. The Kier molecular flexibility index (Phi) is 4.32. The number of aromatic amines is 2. The van der Waals surface area contributed by atoms with E-state index < -0.39 is 0 Å². The van der Waals surface area contributed by atoms with Crippen LogP contribution in [0.1, 0.15) is 0 Å². The van der Waals surface area contributed by atoms with E-state index in [1.807, 2.05) is 61.7 Å². The van der Waals surface area contributed by atoms with Crippen molar-refractivity contribution < 1.29 is 0 Å². The molecular formula is C24H19N9. The predicted octanol–water partition coefficient (Wildman–Crippen LogP) is 4.09. The summed E-state index contributed by atoms with van der Waals surface area (Å²) in [5.41, 5.74) is 8.45. The summed E-state index contributed by atoms with van der Waals surface area (Å²) in [6, 6.07) is 11.9. The van der Waals surface area contributed by atoms with Gasteiger partial charge in [-0.25, -0.2) is 15.0 Å². The maximum Gasteiger partial charge on any atom is 0.178 e. The summed E-state index contributed by atoms with van der Waals surface area (Å²) in [6.45, 7) is 0. The van der Waals surface area contributed by atoms with E-state index >= 15 is 0 Å². The van der Waals surface area contributed by atoms with E-state index in [0.717, 1.165) is 44.6 Å². The first kappa shape index (κ1) is 19.1. The van der Waals surface area contributed by atoms with Gasteiger partial charge in [0.2, 0.25) is 0 Å². The van der Waals surface area contributed by atoms with Crippen LogP contribution in [-0.4, -0.2) is 54.2 Å². The van der Waals surface area contributed by atoms with Crippen molar-refractivity contribution in [1.29, 1.82) is 0 Å². The SMILES string of the molecule is CN(C)c1cncc(-c2ccc3[nH]nc(-c4nc5nccc(-c6ccncc6)c5[nH]4)c3n2)c1. The molecule has 6 aromatic heterocycles. The van der Waals surface area contributed by atoms with E-state index in [2.05, 4.69) is 36.2 Å². The number of rotatable bonds is 4. The Balaban J connectivity index is 1.48. The summed E-state index contributed by atoms with van der Waals surface area (Å²) in [5.74, 6) is 0.607. The molecule has 0 saturated carbocycles. The lowest BCUT2D eigenvalue weighted by atomic mass is 10.1. The van der Waals surface area contributed by atoms with Crippen molar-refractivity contribution in [2.24, 2.45) is 0 Å². The van der Waals surface area contributed by atoms with Crippen molar-refractivity contribution in [3.8, 4) is 33.9 Å². The second-order valence-corrected chi connectivity index (χ2v) is 7.87. The van der Waals surface area contributed by atoms with Crippen molar-refractivity contribution in [3.05, 3.63) is 67.4 Å². The monoisotopic (exact) mass is 433 g/mol. The average molecular weight is 433 g/mol. The summed E-state index contributed by atoms with van der Waals surface area (Å²) in [6.07, 6.45) is 8.93. The Hall–Kier alpha value is -4.66. The summed E-state index contributed by atoms with van der Waals surface area (Å²) in [5, 5.41) is 7.56. The summed E-state index contributed by atoms with van der Waals surface area (Å²) >= 11 is 0. The van der Waals surface area contributed by atoms with Crippen molar-refractivity contribution in [2.45, 2.75) is 0 Å². The van der Waals surface area contributed by atoms with Crippen LogP contribution >= 0.6 is 0 Å². The minimum absolute atomic E-state index is 0.607. The lowest BCUT2D eigenvalue weighted by molar-refractivity contribution is 1.10. The molecule has 0 amide bonds. The molecule has 6 heterocycles. The molecule has 33 heavy (non-hydrogen) atoms. The van der Waals surface area contributed by atoms with Gasteiger partial charge in [-0.3, -0.25) is 15.1 Å². The minimum Gasteiger partial charge on any atom is -0.376 e. The Morgan fingerprint density at radius 3 is 2.58 bits per heavy atom. The molecule has 0 bridgehead atoms. The van der Waals surface area contributed by atoms with Crippen LogP contribution in [0.25, 0.3) is 56.1 Å². The molecule has 160 valence electrons. The first-order valence-electron chi connectivity index (χ1n) is 10.4. The molecule has 2 N–H and O–H groups in total. The number of anilines is 1. The largest absolute Gasteiger partial charge is 0.376 e. The number of nitrogens with one attached hydrogen (secondary N) is 2. The third-order valence-electron chi connectivity index (χ3n) is 5.55. The first-order chi connectivity index (χ1) is 16.2. The molecule has 6 aromatic rings. The topological polar surface area (TPSA) is 112 Å². The molecule has 0 fully saturated rings. The van der Waals surface area contributed by atoms with Crippen LogP contribution in [0, 0.1) is 0 Å². The number of pyridine rings is 4. The fraction of sp³-hybridized carbons (Fsp3) is 0.0833. The van der Waals surface area contributed by atoms with Crippen molar-refractivity contribution in [1.82, 2.24) is 40.1 Å². The van der Waals surface area contributed by atoms with E-state index in [1.54, 1.807) is 18.6 Å². The predicted molar refractivity (Wildman–Crippen MR) is 128 cm³/mol. The quantitative estimate of drug-likeness (QED) is 0.431. The highest BCUT2D eigenvalue weighted by Crippen LogP contribution is 2.31. The fourth-order valence-electron chi connectivity index (χ4n) is 3.83. The molecule has 6 rings (SSSR count). The Bertz CT molecular complexity index is 1600. The number of fused-ring (bicyclic) bond motifs is 2. The molecular weight excluding hydrogens is 414 g/mol. The first-order valence-corrected chi connectivity index (χ1v) is 10.4. The van der Waals surface area contributed by atoms with Crippen LogP contribution in [0.4, 0.5) is 5.69 Å². The van der Waals surface area contributed by atoms with Gasteiger partial charge in [0, 0.05) is 50.0 Å². The van der Waals surface area contributed by atoms with Crippen molar-refractivity contribution in [3.63, 3.8) is 0 Å². The van der Waals surface area contributed by atoms with Crippen LogP contribution in [0.15, 0.2) is 67.4 Å². The van der Waals surface area contributed by atoms with Gasteiger partial charge in [-0.2, -0.15) is 5.10 Å². The summed E-state index contributed by atoms with van der Waals surface area (Å²) in [4.78, 5) is 27.9. The smallest absolute Gasteiger partial charge is 0.178 e. The molecule has 0 aliphatic rings. The van der Waals surface area contributed by atoms with Gasteiger partial charge in [-0.05, 0) is 42.0 Å². The van der Waals surface area contributed by atoms with Gasteiger partial charge in [0.05, 0.1) is 28.6 Å². The molecule has 0 aromatic carbocycles. The number of nitrogens with zero attached hydrogens (tertiary/aromatic N) is 7. The number of H-pyrrole nitrogens is 2. The number of aromatic nitrogens is 8. The van der Waals surface area contributed by atoms with E-state index in [9.17, 15) is 0 Å². The van der Waals surface area contributed by atoms with E-state index in [1.165, 1.54) is 0 Å². The fourth-order valence-corrected chi connectivity index (χ4v) is 3.83. The third kappa shape index (κ3) is 3.26. The molecule has 9 nitrogen and oxygen atoms in total. The summed E-state index contributed by atoms with van der Waals surface area (Å²) < 4.78 is 0. The number of hydrogen-bond donors (Lipinski definition) is 2. The molecule has 0 aliphatic heterocycles. The van der Waals surface area contributed by atoms with Crippen LogP contribution < -0.4 is 4.90 Å². The maximum atomic E-state index is 4.89. The molecule has 0 spiro atoms. The maximum absolute atomic E-state index is 4.89. The van der Waals surface area contributed by atoms with Gasteiger partial charge in [0.25, 0.3) is 0 Å². The standard InChI is InChI=1S/C24H19N9/c1-33(2)16-11-15(12-26-13-16)18-3-4-19-21(28-18)22(32-31-19)24-29-20-17(7-10-27-23(20)30-24)14-5-8-25-9-6-14/h3-13H,1-2H3,(H,31,32)(H,27,29,30). The zero-order valence-electron chi connectivity index (χ0n) is 18.0. The van der Waals surface area contributed by atoms with Gasteiger partial charge in [0.1, 0.15) is 5.52 Å². The molecule has 0 radical (unpaired) electrons. The Morgan fingerprint density at radius 2 is 1.73 bits per heavy atom.